The Hall–Kier alpha value is -2.12. The monoisotopic (exact) mass is 444 g/mol. The lowest BCUT2D eigenvalue weighted by molar-refractivity contribution is -0.127. The molecule has 1 heterocycles. The van der Waals surface area contributed by atoms with Crippen LogP contribution in [0, 0.1) is 13.8 Å². The second-order valence-electron chi connectivity index (χ2n) is 6.32. The molecule has 140 valence electrons. The van der Waals surface area contributed by atoms with Gasteiger partial charge >= 0.3 is 0 Å². The van der Waals surface area contributed by atoms with Crippen molar-refractivity contribution >= 4 is 33.6 Å². The van der Waals surface area contributed by atoms with Gasteiger partial charge in [-0.25, -0.2) is 0 Å². The van der Waals surface area contributed by atoms with Crippen molar-refractivity contribution in [2.24, 2.45) is 0 Å². The molecule has 5 nitrogen and oxygen atoms in total. The van der Waals surface area contributed by atoms with Crippen LogP contribution in [0.15, 0.2) is 58.2 Å². The quantitative estimate of drug-likeness (QED) is 0.528. The first-order valence-corrected chi connectivity index (χ1v) is 10.3. The van der Waals surface area contributed by atoms with E-state index in [-0.39, 0.29) is 5.91 Å². The Morgan fingerprint density at radius 2 is 1.81 bits per heavy atom. The molecule has 0 saturated heterocycles. The summed E-state index contributed by atoms with van der Waals surface area (Å²) in [7, 11) is 1.82. The van der Waals surface area contributed by atoms with E-state index in [2.05, 4.69) is 39.1 Å². The van der Waals surface area contributed by atoms with Crippen LogP contribution in [-0.2, 0) is 11.3 Å². The standard InChI is InChI=1S/C20H21BrN4OS/c1-14-6-4-5-7-18(14)25-15(2)22-23-20(25)27-13-19(26)24(3)12-16-8-10-17(21)11-9-16/h4-11H,12-13H2,1-3H3. The Morgan fingerprint density at radius 1 is 1.11 bits per heavy atom. The van der Waals surface area contributed by atoms with Crippen LogP contribution in [0.3, 0.4) is 0 Å². The largest absolute Gasteiger partial charge is 0.341 e. The minimum absolute atomic E-state index is 0.0555. The third kappa shape index (κ3) is 4.78. The fourth-order valence-electron chi connectivity index (χ4n) is 2.72. The third-order valence-electron chi connectivity index (χ3n) is 4.24. The number of aromatic nitrogens is 3. The molecular formula is C20H21BrN4OS. The summed E-state index contributed by atoms with van der Waals surface area (Å²) in [5.41, 5.74) is 3.28. The van der Waals surface area contributed by atoms with Crippen LogP contribution in [0.25, 0.3) is 5.69 Å². The number of aryl methyl sites for hydroxylation is 2. The van der Waals surface area contributed by atoms with Gasteiger partial charge in [-0.1, -0.05) is 58.0 Å². The van der Waals surface area contributed by atoms with E-state index in [1.54, 1.807) is 4.90 Å². The highest BCUT2D eigenvalue weighted by Gasteiger charge is 2.16. The van der Waals surface area contributed by atoms with Crippen molar-refractivity contribution in [3.05, 3.63) is 70.0 Å². The zero-order valence-corrected chi connectivity index (χ0v) is 17.9. The maximum Gasteiger partial charge on any atom is 0.233 e. The van der Waals surface area contributed by atoms with E-state index in [0.29, 0.717) is 12.3 Å². The molecule has 0 radical (unpaired) electrons. The molecule has 0 fully saturated rings. The van der Waals surface area contributed by atoms with Crippen LogP contribution < -0.4 is 0 Å². The summed E-state index contributed by atoms with van der Waals surface area (Å²) in [6.45, 7) is 4.56. The van der Waals surface area contributed by atoms with E-state index < -0.39 is 0 Å². The number of carbonyl (C=O) groups excluding carboxylic acids is 1. The van der Waals surface area contributed by atoms with Gasteiger partial charge in [0.25, 0.3) is 0 Å². The summed E-state index contributed by atoms with van der Waals surface area (Å²) in [6.07, 6.45) is 0. The second-order valence-corrected chi connectivity index (χ2v) is 8.17. The fraction of sp³-hybridized carbons (Fsp3) is 0.250. The van der Waals surface area contributed by atoms with Crippen LogP contribution >= 0.6 is 27.7 Å². The Morgan fingerprint density at radius 3 is 2.52 bits per heavy atom. The zero-order valence-electron chi connectivity index (χ0n) is 15.5. The smallest absolute Gasteiger partial charge is 0.233 e. The van der Waals surface area contributed by atoms with E-state index in [9.17, 15) is 4.79 Å². The van der Waals surface area contributed by atoms with Gasteiger partial charge in [-0.05, 0) is 43.2 Å². The Bertz CT molecular complexity index is 939. The molecule has 0 saturated carbocycles. The van der Waals surface area contributed by atoms with Crippen LogP contribution in [0.2, 0.25) is 0 Å². The second kappa shape index (κ2) is 8.71. The van der Waals surface area contributed by atoms with Gasteiger partial charge in [0.1, 0.15) is 5.82 Å². The van der Waals surface area contributed by atoms with E-state index in [1.165, 1.54) is 11.8 Å². The number of nitrogens with zero attached hydrogens (tertiary/aromatic N) is 4. The van der Waals surface area contributed by atoms with Crippen molar-refractivity contribution in [3.63, 3.8) is 0 Å². The topological polar surface area (TPSA) is 51.0 Å². The van der Waals surface area contributed by atoms with Crippen molar-refractivity contribution in [1.29, 1.82) is 0 Å². The van der Waals surface area contributed by atoms with E-state index >= 15 is 0 Å². The average molecular weight is 445 g/mol. The number of rotatable bonds is 6. The van der Waals surface area contributed by atoms with Gasteiger partial charge in [-0.2, -0.15) is 0 Å². The lowest BCUT2D eigenvalue weighted by Gasteiger charge is -2.17. The number of thioether (sulfide) groups is 1. The van der Waals surface area contributed by atoms with Crippen LogP contribution in [0.4, 0.5) is 0 Å². The Labute approximate surface area is 171 Å². The third-order valence-corrected chi connectivity index (χ3v) is 5.68. The minimum atomic E-state index is 0.0555. The first-order chi connectivity index (χ1) is 13.0. The van der Waals surface area contributed by atoms with Crippen LogP contribution in [0.5, 0.6) is 0 Å². The first kappa shape index (κ1) is 19.6. The summed E-state index contributed by atoms with van der Waals surface area (Å²) < 4.78 is 3.03. The summed E-state index contributed by atoms with van der Waals surface area (Å²) >= 11 is 4.84. The predicted octanol–water partition coefficient (Wildman–Crippen LogP) is 4.40. The molecule has 7 heteroatoms. The molecule has 0 aliphatic rings. The first-order valence-electron chi connectivity index (χ1n) is 8.55. The molecule has 1 aromatic heterocycles. The maximum atomic E-state index is 12.5. The zero-order chi connectivity index (χ0) is 19.4. The molecule has 0 aliphatic heterocycles. The van der Waals surface area contributed by atoms with Gasteiger partial charge in [-0.15, -0.1) is 10.2 Å². The van der Waals surface area contributed by atoms with Crippen LogP contribution in [-0.4, -0.2) is 38.4 Å². The normalized spacial score (nSPS) is 10.8. The molecule has 0 unspecified atom stereocenters. The van der Waals surface area contributed by atoms with Crippen molar-refractivity contribution in [1.82, 2.24) is 19.7 Å². The number of benzene rings is 2. The molecule has 1 amide bonds. The number of hydrogen-bond acceptors (Lipinski definition) is 4. The molecule has 27 heavy (non-hydrogen) atoms. The van der Waals surface area contributed by atoms with Crippen molar-refractivity contribution < 1.29 is 4.79 Å². The molecule has 0 aliphatic carbocycles. The summed E-state index contributed by atoms with van der Waals surface area (Å²) in [5.74, 6) is 1.18. The van der Waals surface area contributed by atoms with Gasteiger partial charge in [0.15, 0.2) is 5.16 Å². The van der Waals surface area contributed by atoms with Crippen molar-refractivity contribution in [3.8, 4) is 5.69 Å². The summed E-state index contributed by atoms with van der Waals surface area (Å²) in [6, 6.07) is 16.1. The molecule has 3 aromatic rings. The number of para-hydroxylation sites is 1. The molecule has 0 N–H and O–H groups in total. The summed E-state index contributed by atoms with van der Waals surface area (Å²) in [4.78, 5) is 14.3. The highest BCUT2D eigenvalue weighted by molar-refractivity contribution is 9.10. The van der Waals surface area contributed by atoms with Gasteiger partial charge in [0, 0.05) is 18.1 Å². The lowest BCUT2D eigenvalue weighted by atomic mass is 10.2. The molecule has 0 spiro atoms. The highest BCUT2D eigenvalue weighted by atomic mass is 79.9. The molecular weight excluding hydrogens is 424 g/mol. The molecule has 3 rings (SSSR count). The SMILES string of the molecule is Cc1ccccc1-n1c(C)nnc1SCC(=O)N(C)Cc1ccc(Br)cc1. The molecule has 2 aromatic carbocycles. The van der Waals surface area contributed by atoms with E-state index in [4.69, 9.17) is 0 Å². The van der Waals surface area contributed by atoms with Gasteiger partial charge < -0.3 is 4.90 Å². The van der Waals surface area contributed by atoms with Crippen molar-refractivity contribution in [2.75, 3.05) is 12.8 Å². The van der Waals surface area contributed by atoms with E-state index in [1.807, 2.05) is 61.0 Å². The summed E-state index contributed by atoms with van der Waals surface area (Å²) in [5, 5.41) is 9.18. The number of carbonyl (C=O) groups is 1. The number of hydrogen-bond donors (Lipinski definition) is 0. The maximum absolute atomic E-state index is 12.5. The Kier molecular flexibility index (Phi) is 6.34. The van der Waals surface area contributed by atoms with E-state index in [0.717, 1.165) is 32.3 Å². The van der Waals surface area contributed by atoms with Gasteiger partial charge in [0.2, 0.25) is 5.91 Å². The lowest BCUT2D eigenvalue weighted by Crippen LogP contribution is -2.27. The molecule has 0 atom stereocenters. The van der Waals surface area contributed by atoms with Crippen molar-refractivity contribution in [2.45, 2.75) is 25.5 Å². The Balaban J connectivity index is 1.67. The van der Waals surface area contributed by atoms with Crippen LogP contribution in [0.1, 0.15) is 17.0 Å². The molecule has 0 bridgehead atoms. The number of amides is 1. The average Bonchev–Trinajstić information content (AvgIpc) is 3.02. The highest BCUT2D eigenvalue weighted by Crippen LogP contribution is 2.24. The van der Waals surface area contributed by atoms with Gasteiger partial charge in [0.05, 0.1) is 11.4 Å². The minimum Gasteiger partial charge on any atom is -0.341 e. The van der Waals surface area contributed by atoms with Gasteiger partial charge in [-0.3, -0.25) is 9.36 Å². The predicted molar refractivity (Wildman–Crippen MR) is 112 cm³/mol. The number of halogens is 1. The fourth-order valence-corrected chi connectivity index (χ4v) is 3.91.